The van der Waals surface area contributed by atoms with E-state index >= 15 is 0 Å². The van der Waals surface area contributed by atoms with Gasteiger partial charge in [-0.05, 0) is 37.3 Å². The second-order valence-electron chi connectivity index (χ2n) is 6.03. The first kappa shape index (κ1) is 18.2. The fourth-order valence-electron chi connectivity index (χ4n) is 2.99. The lowest BCUT2D eigenvalue weighted by molar-refractivity contribution is 0.0973. The molecule has 0 fully saturated rings. The van der Waals surface area contributed by atoms with E-state index in [1.54, 1.807) is 24.3 Å². The molecular weight excluding hydrogens is 379 g/mol. The minimum absolute atomic E-state index is 0.121. The van der Waals surface area contributed by atoms with Gasteiger partial charge in [0, 0.05) is 11.9 Å². The summed E-state index contributed by atoms with van der Waals surface area (Å²) in [6.45, 7) is 6.57. The predicted octanol–water partition coefficient (Wildman–Crippen LogP) is 4.91. The maximum atomic E-state index is 13.6. The van der Waals surface area contributed by atoms with Crippen molar-refractivity contribution in [3.8, 4) is 5.75 Å². The van der Waals surface area contributed by atoms with Crippen LogP contribution in [0, 0.1) is 5.82 Å². The van der Waals surface area contributed by atoms with E-state index in [9.17, 15) is 9.18 Å². The molecule has 0 saturated heterocycles. The van der Waals surface area contributed by atoms with Crippen molar-refractivity contribution in [1.82, 2.24) is 4.57 Å². The van der Waals surface area contributed by atoms with Crippen LogP contribution in [0.2, 0.25) is 0 Å². The maximum absolute atomic E-state index is 13.6. The van der Waals surface area contributed by atoms with Crippen LogP contribution in [0.3, 0.4) is 0 Å². The number of halogens is 1. The third-order valence-electron chi connectivity index (χ3n) is 4.17. The number of allylic oxidation sites excluding steroid dienone is 1. The van der Waals surface area contributed by atoms with Gasteiger partial charge in [-0.3, -0.25) is 4.79 Å². The van der Waals surface area contributed by atoms with E-state index in [4.69, 9.17) is 9.15 Å². The molecule has 0 aliphatic rings. The summed E-state index contributed by atoms with van der Waals surface area (Å²) in [5.74, 6) is -0.143. The summed E-state index contributed by atoms with van der Waals surface area (Å²) < 4.78 is 27.4. The van der Waals surface area contributed by atoms with E-state index in [-0.39, 0.29) is 11.6 Å². The molecule has 4 rings (SSSR count). The zero-order chi connectivity index (χ0) is 19.7. The molecule has 1 amide bonds. The molecule has 4 aromatic rings. The van der Waals surface area contributed by atoms with E-state index < -0.39 is 5.91 Å². The number of carbonyl (C=O) groups excluding carboxylic acids is 1. The zero-order valence-electron chi connectivity index (χ0n) is 15.1. The molecule has 2 aromatic carbocycles. The molecule has 0 N–H and O–H groups in total. The van der Waals surface area contributed by atoms with Gasteiger partial charge in [-0.15, -0.1) is 6.58 Å². The highest BCUT2D eigenvalue weighted by molar-refractivity contribution is 7.16. The molecule has 0 aliphatic carbocycles. The Balaban J connectivity index is 1.82. The second kappa shape index (κ2) is 7.44. The van der Waals surface area contributed by atoms with Crippen molar-refractivity contribution in [3.63, 3.8) is 0 Å². The minimum atomic E-state index is -0.511. The molecule has 142 valence electrons. The van der Waals surface area contributed by atoms with Crippen LogP contribution in [-0.2, 0) is 6.54 Å². The third-order valence-corrected chi connectivity index (χ3v) is 5.21. The quantitative estimate of drug-likeness (QED) is 0.450. The molecule has 0 bridgehead atoms. The highest BCUT2D eigenvalue weighted by atomic mass is 32.1. The van der Waals surface area contributed by atoms with E-state index in [0.717, 1.165) is 10.9 Å². The summed E-state index contributed by atoms with van der Waals surface area (Å²) >= 11 is 1.24. The van der Waals surface area contributed by atoms with Crippen LogP contribution in [0.1, 0.15) is 17.5 Å². The first-order valence-electron chi connectivity index (χ1n) is 8.75. The fraction of sp³-hybridized carbons (Fsp3) is 0.143. The fourth-order valence-corrected chi connectivity index (χ4v) is 4.05. The summed E-state index contributed by atoms with van der Waals surface area (Å²) in [4.78, 5) is 17.4. The Kier molecular flexibility index (Phi) is 4.83. The van der Waals surface area contributed by atoms with Crippen LogP contribution >= 0.6 is 11.3 Å². The maximum Gasteiger partial charge on any atom is 0.315 e. The van der Waals surface area contributed by atoms with Crippen molar-refractivity contribution in [2.24, 2.45) is 4.99 Å². The van der Waals surface area contributed by atoms with E-state index in [2.05, 4.69) is 11.6 Å². The molecule has 0 atom stereocenters. The Morgan fingerprint density at radius 3 is 3.00 bits per heavy atom. The van der Waals surface area contributed by atoms with Crippen molar-refractivity contribution in [2.75, 3.05) is 6.61 Å². The number of hydrogen-bond acceptors (Lipinski definition) is 4. The van der Waals surface area contributed by atoms with Gasteiger partial charge in [0.1, 0.15) is 5.82 Å². The summed E-state index contributed by atoms with van der Waals surface area (Å²) in [5.41, 5.74) is 1.31. The van der Waals surface area contributed by atoms with Gasteiger partial charge in [-0.25, -0.2) is 4.39 Å². The number of carbonyl (C=O) groups is 1. The number of para-hydroxylation sites is 1. The normalized spacial score (nSPS) is 12.0. The number of aromatic nitrogens is 1. The minimum Gasteiger partial charge on any atom is -0.490 e. The molecule has 7 heteroatoms. The first-order valence-corrected chi connectivity index (χ1v) is 9.56. The Hall–Kier alpha value is -3.19. The molecule has 0 aliphatic heterocycles. The summed E-state index contributed by atoms with van der Waals surface area (Å²) in [6, 6.07) is 11.6. The number of benzene rings is 2. The van der Waals surface area contributed by atoms with Crippen LogP contribution in [0.5, 0.6) is 5.75 Å². The Bertz CT molecular complexity index is 1270. The van der Waals surface area contributed by atoms with Gasteiger partial charge in [-0.1, -0.05) is 29.5 Å². The molecule has 0 unspecified atom stereocenters. The van der Waals surface area contributed by atoms with Crippen LogP contribution in [-0.4, -0.2) is 17.1 Å². The molecule has 5 nitrogen and oxygen atoms in total. The standard InChI is InChI=1S/C21H17FN2O3S/c1-3-10-24-15-9-8-14(22)12-18(15)28-21(24)23-20(25)17-11-13-6-5-7-16(26-4-2)19(13)27-17/h3,5-9,11-12H,1,4,10H2,2H3. The number of rotatable bonds is 5. The number of thiazole rings is 1. The summed E-state index contributed by atoms with van der Waals surface area (Å²) in [7, 11) is 0. The predicted molar refractivity (Wildman–Crippen MR) is 107 cm³/mol. The summed E-state index contributed by atoms with van der Waals surface area (Å²) in [5, 5.41) is 0.766. The topological polar surface area (TPSA) is 56.7 Å². The molecule has 0 saturated carbocycles. The monoisotopic (exact) mass is 396 g/mol. The largest absolute Gasteiger partial charge is 0.490 e. The van der Waals surface area contributed by atoms with Gasteiger partial charge < -0.3 is 13.7 Å². The number of furan rings is 1. The Labute approximate surface area is 164 Å². The SMILES string of the molecule is C=CCn1c(=NC(=O)c2cc3cccc(OCC)c3o2)sc2cc(F)ccc21. The van der Waals surface area contributed by atoms with Crippen molar-refractivity contribution >= 4 is 38.4 Å². The third kappa shape index (κ3) is 3.25. The van der Waals surface area contributed by atoms with Crippen molar-refractivity contribution in [2.45, 2.75) is 13.5 Å². The number of hydrogen-bond donors (Lipinski definition) is 0. The van der Waals surface area contributed by atoms with Crippen molar-refractivity contribution < 1.29 is 18.3 Å². The van der Waals surface area contributed by atoms with Crippen LogP contribution < -0.4 is 9.54 Å². The van der Waals surface area contributed by atoms with Crippen LogP contribution in [0.25, 0.3) is 21.2 Å². The summed E-state index contributed by atoms with van der Waals surface area (Å²) in [6.07, 6.45) is 1.70. The first-order chi connectivity index (χ1) is 13.6. The average molecular weight is 396 g/mol. The Morgan fingerprint density at radius 1 is 1.36 bits per heavy atom. The van der Waals surface area contributed by atoms with Crippen LogP contribution in [0.15, 0.2) is 64.5 Å². The molecule has 28 heavy (non-hydrogen) atoms. The molecule has 2 aromatic heterocycles. The molecule has 0 spiro atoms. The smallest absolute Gasteiger partial charge is 0.315 e. The average Bonchev–Trinajstić information content (AvgIpc) is 3.25. The zero-order valence-corrected chi connectivity index (χ0v) is 16.0. The lowest BCUT2D eigenvalue weighted by Gasteiger charge is -2.02. The van der Waals surface area contributed by atoms with Gasteiger partial charge in [0.25, 0.3) is 0 Å². The molecular formula is C21H17FN2O3S. The Morgan fingerprint density at radius 2 is 2.21 bits per heavy atom. The van der Waals surface area contributed by atoms with Gasteiger partial charge in [0.15, 0.2) is 21.9 Å². The van der Waals surface area contributed by atoms with Gasteiger partial charge in [0.05, 0.1) is 16.8 Å². The number of nitrogens with zero attached hydrogens (tertiary/aromatic N) is 2. The van der Waals surface area contributed by atoms with Gasteiger partial charge in [0.2, 0.25) is 0 Å². The van der Waals surface area contributed by atoms with Crippen molar-refractivity contribution in [3.05, 3.63) is 71.5 Å². The van der Waals surface area contributed by atoms with Crippen LogP contribution in [0.4, 0.5) is 4.39 Å². The van der Waals surface area contributed by atoms with E-state index in [1.807, 2.05) is 23.6 Å². The second-order valence-corrected chi connectivity index (χ2v) is 7.04. The number of amides is 1. The van der Waals surface area contributed by atoms with Crippen molar-refractivity contribution in [1.29, 1.82) is 0 Å². The van der Waals surface area contributed by atoms with Gasteiger partial charge >= 0.3 is 5.91 Å². The lowest BCUT2D eigenvalue weighted by atomic mass is 10.2. The lowest BCUT2D eigenvalue weighted by Crippen LogP contribution is -2.16. The number of fused-ring (bicyclic) bond motifs is 2. The van der Waals surface area contributed by atoms with E-state index in [1.165, 1.54) is 23.5 Å². The van der Waals surface area contributed by atoms with Gasteiger partial charge in [-0.2, -0.15) is 4.99 Å². The number of ether oxygens (including phenoxy) is 1. The highest BCUT2D eigenvalue weighted by Gasteiger charge is 2.15. The van der Waals surface area contributed by atoms with E-state index in [0.29, 0.717) is 34.0 Å². The molecule has 0 radical (unpaired) electrons. The highest BCUT2D eigenvalue weighted by Crippen LogP contribution is 2.29. The molecule has 2 heterocycles.